The lowest BCUT2D eigenvalue weighted by atomic mass is 10.1. The van der Waals surface area contributed by atoms with Gasteiger partial charge in [0.25, 0.3) is 5.88 Å². The first-order chi connectivity index (χ1) is 12.9. The van der Waals surface area contributed by atoms with Crippen molar-refractivity contribution in [1.82, 2.24) is 14.9 Å². The van der Waals surface area contributed by atoms with Gasteiger partial charge in [-0.15, -0.1) is 0 Å². The van der Waals surface area contributed by atoms with Gasteiger partial charge in [-0.2, -0.15) is 0 Å². The molecule has 144 valence electrons. The van der Waals surface area contributed by atoms with E-state index in [0.717, 1.165) is 37.6 Å². The number of hydrogen-bond acceptors (Lipinski definition) is 5. The highest BCUT2D eigenvalue weighted by Crippen LogP contribution is 2.23. The summed E-state index contributed by atoms with van der Waals surface area (Å²) in [5, 5.41) is 3.87. The predicted molar refractivity (Wildman–Crippen MR) is 114 cm³/mol. The zero-order valence-electron chi connectivity index (χ0n) is 16.7. The van der Waals surface area contributed by atoms with Gasteiger partial charge in [0.05, 0.1) is 18.5 Å². The molecule has 2 aromatic rings. The number of hydrogen-bond donors (Lipinski definition) is 1. The van der Waals surface area contributed by atoms with E-state index in [-0.39, 0.29) is 0 Å². The smallest absolute Gasteiger partial charge is 0.257 e. The standard InChI is InChI=1S/C20H27N5OS/c1-13-10-14(2)12-17(11-13)24-6-8-25(9-7-24)20(27)23-18-19(26-5)22-16(4)15(3)21-18/h10-12H,6-9H2,1-5H3,(H,21,23,27). The van der Waals surface area contributed by atoms with Crippen molar-refractivity contribution in [3.05, 3.63) is 40.7 Å². The van der Waals surface area contributed by atoms with E-state index in [1.807, 2.05) is 13.8 Å². The second kappa shape index (κ2) is 8.08. The number of aromatic nitrogens is 2. The minimum absolute atomic E-state index is 0.467. The lowest BCUT2D eigenvalue weighted by molar-refractivity contribution is 0.387. The van der Waals surface area contributed by atoms with Gasteiger partial charge in [0.1, 0.15) is 0 Å². The molecule has 1 aromatic heterocycles. The number of aryl methyl sites for hydroxylation is 4. The van der Waals surface area contributed by atoms with Crippen molar-refractivity contribution in [2.24, 2.45) is 0 Å². The fourth-order valence-electron chi connectivity index (χ4n) is 3.29. The van der Waals surface area contributed by atoms with E-state index >= 15 is 0 Å². The van der Waals surface area contributed by atoms with Crippen LogP contribution in [-0.4, -0.2) is 53.3 Å². The molecule has 6 nitrogen and oxygen atoms in total. The van der Waals surface area contributed by atoms with E-state index in [2.05, 4.69) is 57.1 Å². The minimum Gasteiger partial charge on any atom is -0.478 e. The zero-order valence-corrected chi connectivity index (χ0v) is 17.5. The third-order valence-electron chi connectivity index (χ3n) is 4.83. The Hall–Kier alpha value is -2.41. The Balaban J connectivity index is 1.64. The van der Waals surface area contributed by atoms with Crippen LogP contribution in [0.5, 0.6) is 5.88 Å². The van der Waals surface area contributed by atoms with Crippen LogP contribution >= 0.6 is 12.2 Å². The molecule has 0 aliphatic carbocycles. The van der Waals surface area contributed by atoms with Crippen LogP contribution in [0.15, 0.2) is 18.2 Å². The lowest BCUT2D eigenvalue weighted by Crippen LogP contribution is -2.50. The molecule has 0 radical (unpaired) electrons. The number of nitrogens with zero attached hydrogens (tertiary/aromatic N) is 4. The fourth-order valence-corrected chi connectivity index (χ4v) is 3.57. The molecule has 1 fully saturated rings. The van der Waals surface area contributed by atoms with Gasteiger partial charge in [0, 0.05) is 31.9 Å². The Morgan fingerprint density at radius 2 is 1.56 bits per heavy atom. The number of methoxy groups -OCH3 is 1. The maximum Gasteiger partial charge on any atom is 0.257 e. The van der Waals surface area contributed by atoms with Crippen LogP contribution in [0.1, 0.15) is 22.5 Å². The first-order valence-corrected chi connectivity index (χ1v) is 9.56. The fraction of sp³-hybridized carbons (Fsp3) is 0.450. The number of thiocarbonyl (C=S) groups is 1. The van der Waals surface area contributed by atoms with Crippen molar-refractivity contribution in [3.8, 4) is 5.88 Å². The second-order valence-electron chi connectivity index (χ2n) is 7.00. The summed E-state index contributed by atoms with van der Waals surface area (Å²) in [6.07, 6.45) is 0. The Morgan fingerprint density at radius 1 is 0.963 bits per heavy atom. The summed E-state index contributed by atoms with van der Waals surface area (Å²) >= 11 is 5.61. The topological polar surface area (TPSA) is 53.5 Å². The summed E-state index contributed by atoms with van der Waals surface area (Å²) in [6, 6.07) is 6.69. The van der Waals surface area contributed by atoms with Crippen LogP contribution in [0.4, 0.5) is 11.5 Å². The van der Waals surface area contributed by atoms with Crippen LogP contribution in [0.2, 0.25) is 0 Å². The van der Waals surface area contributed by atoms with Gasteiger partial charge < -0.3 is 19.9 Å². The first kappa shape index (κ1) is 19.4. The molecule has 1 aliphatic rings. The van der Waals surface area contributed by atoms with E-state index in [9.17, 15) is 0 Å². The van der Waals surface area contributed by atoms with Crippen molar-refractivity contribution < 1.29 is 4.74 Å². The molecule has 0 bridgehead atoms. The van der Waals surface area contributed by atoms with E-state index in [0.29, 0.717) is 16.8 Å². The molecule has 0 spiro atoms. The summed E-state index contributed by atoms with van der Waals surface area (Å²) in [5.74, 6) is 1.04. The lowest BCUT2D eigenvalue weighted by Gasteiger charge is -2.37. The quantitative estimate of drug-likeness (QED) is 0.814. The molecular weight excluding hydrogens is 358 g/mol. The van der Waals surface area contributed by atoms with Gasteiger partial charge in [0.15, 0.2) is 10.9 Å². The van der Waals surface area contributed by atoms with Crippen LogP contribution in [-0.2, 0) is 0 Å². The number of ether oxygens (including phenoxy) is 1. The predicted octanol–water partition coefficient (Wildman–Crippen LogP) is 3.24. The van der Waals surface area contributed by atoms with Crippen molar-refractivity contribution in [3.63, 3.8) is 0 Å². The Morgan fingerprint density at radius 3 is 2.15 bits per heavy atom. The molecule has 2 heterocycles. The van der Waals surface area contributed by atoms with Gasteiger partial charge >= 0.3 is 0 Å². The van der Waals surface area contributed by atoms with Crippen LogP contribution in [0, 0.1) is 27.7 Å². The Bertz CT molecular complexity index is 826. The molecule has 1 aliphatic heterocycles. The van der Waals surface area contributed by atoms with Gasteiger partial charge in [-0.25, -0.2) is 9.97 Å². The molecule has 3 rings (SSSR count). The molecule has 0 saturated carbocycles. The van der Waals surface area contributed by atoms with Crippen molar-refractivity contribution in [2.75, 3.05) is 43.5 Å². The molecule has 1 aromatic carbocycles. The summed E-state index contributed by atoms with van der Waals surface area (Å²) in [7, 11) is 1.59. The molecule has 1 N–H and O–H groups in total. The van der Waals surface area contributed by atoms with Crippen molar-refractivity contribution in [1.29, 1.82) is 0 Å². The van der Waals surface area contributed by atoms with Gasteiger partial charge in [-0.1, -0.05) is 6.07 Å². The molecule has 0 atom stereocenters. The van der Waals surface area contributed by atoms with Gasteiger partial charge in [0.2, 0.25) is 0 Å². The molecule has 7 heteroatoms. The maximum atomic E-state index is 5.61. The van der Waals surface area contributed by atoms with Crippen LogP contribution in [0.25, 0.3) is 0 Å². The highest BCUT2D eigenvalue weighted by molar-refractivity contribution is 7.80. The molecular formula is C20H27N5OS. The molecule has 0 amide bonds. The number of anilines is 2. The highest BCUT2D eigenvalue weighted by atomic mass is 32.1. The summed E-state index contributed by atoms with van der Waals surface area (Å²) in [6.45, 7) is 11.7. The highest BCUT2D eigenvalue weighted by Gasteiger charge is 2.21. The second-order valence-corrected chi connectivity index (χ2v) is 7.39. The maximum absolute atomic E-state index is 5.61. The average Bonchev–Trinajstić information content (AvgIpc) is 2.63. The zero-order chi connectivity index (χ0) is 19.6. The van der Waals surface area contributed by atoms with Crippen LogP contribution < -0.4 is 15.0 Å². The summed E-state index contributed by atoms with van der Waals surface area (Å²) in [4.78, 5) is 13.5. The molecule has 0 unspecified atom stereocenters. The summed E-state index contributed by atoms with van der Waals surface area (Å²) < 4.78 is 5.34. The third-order valence-corrected chi connectivity index (χ3v) is 5.19. The monoisotopic (exact) mass is 385 g/mol. The number of rotatable bonds is 3. The van der Waals surface area contributed by atoms with E-state index in [4.69, 9.17) is 17.0 Å². The Kier molecular flexibility index (Phi) is 5.79. The van der Waals surface area contributed by atoms with Crippen LogP contribution in [0.3, 0.4) is 0 Å². The summed E-state index contributed by atoms with van der Waals surface area (Å²) in [5.41, 5.74) is 5.59. The van der Waals surface area contributed by atoms with E-state index < -0.39 is 0 Å². The SMILES string of the molecule is COc1nc(C)c(C)nc1NC(=S)N1CCN(c2cc(C)cc(C)c2)CC1. The van der Waals surface area contributed by atoms with Gasteiger partial charge in [-0.05, 0) is 63.2 Å². The number of nitrogens with one attached hydrogen (secondary N) is 1. The third kappa shape index (κ3) is 4.47. The van der Waals surface area contributed by atoms with E-state index in [1.54, 1.807) is 7.11 Å². The van der Waals surface area contributed by atoms with Crippen molar-refractivity contribution in [2.45, 2.75) is 27.7 Å². The number of benzene rings is 1. The molecule has 27 heavy (non-hydrogen) atoms. The normalized spacial score (nSPS) is 14.3. The largest absolute Gasteiger partial charge is 0.478 e. The Labute approximate surface area is 166 Å². The van der Waals surface area contributed by atoms with Gasteiger partial charge in [-0.3, -0.25) is 0 Å². The molecule has 1 saturated heterocycles. The van der Waals surface area contributed by atoms with E-state index in [1.165, 1.54) is 16.8 Å². The number of piperazine rings is 1. The first-order valence-electron chi connectivity index (χ1n) is 9.16. The van der Waals surface area contributed by atoms with Crippen molar-refractivity contribution >= 4 is 28.8 Å². The minimum atomic E-state index is 0.467. The average molecular weight is 386 g/mol.